The van der Waals surface area contributed by atoms with Gasteiger partial charge < -0.3 is 4.74 Å². The summed E-state index contributed by atoms with van der Waals surface area (Å²) < 4.78 is 6.29. The smallest absolute Gasteiger partial charge is 0.358 e. The van der Waals surface area contributed by atoms with Gasteiger partial charge in [0, 0.05) is 12.2 Å². The van der Waals surface area contributed by atoms with Crippen molar-refractivity contribution in [2.45, 2.75) is 20.4 Å². The van der Waals surface area contributed by atoms with Gasteiger partial charge in [0.15, 0.2) is 5.69 Å². The molecule has 1 heterocycles. The predicted molar refractivity (Wildman–Crippen MR) is 44.0 cm³/mol. The molecule has 0 aromatic carbocycles. The van der Waals surface area contributed by atoms with Crippen molar-refractivity contribution in [2.24, 2.45) is 0 Å². The normalized spacial score (nSPS) is 9.92. The van der Waals surface area contributed by atoms with Gasteiger partial charge in [0.1, 0.15) is 0 Å². The summed E-state index contributed by atoms with van der Waals surface area (Å²) in [5.41, 5.74) is 1.34. The molecule has 0 aliphatic rings. The average molecular weight is 168 g/mol. The standard InChI is InChI=1S/C8H12N2O2/c1-4-10-6(2)5-7(9-10)8(11)12-3/h5H,4H2,1-3H3. The number of hydrogen-bond donors (Lipinski definition) is 0. The topological polar surface area (TPSA) is 44.1 Å². The molecule has 0 spiro atoms. The maximum atomic E-state index is 11.0. The first-order valence-corrected chi connectivity index (χ1v) is 3.81. The van der Waals surface area contributed by atoms with E-state index in [2.05, 4.69) is 9.84 Å². The van der Waals surface area contributed by atoms with Gasteiger partial charge in [0.05, 0.1) is 7.11 Å². The third kappa shape index (κ3) is 1.47. The summed E-state index contributed by atoms with van der Waals surface area (Å²) in [6, 6.07) is 1.72. The van der Waals surface area contributed by atoms with E-state index in [1.165, 1.54) is 7.11 Å². The van der Waals surface area contributed by atoms with Crippen molar-refractivity contribution in [2.75, 3.05) is 7.11 Å². The van der Waals surface area contributed by atoms with Gasteiger partial charge in [-0.1, -0.05) is 0 Å². The fourth-order valence-corrected chi connectivity index (χ4v) is 1.03. The third-order valence-electron chi connectivity index (χ3n) is 1.68. The maximum Gasteiger partial charge on any atom is 0.358 e. The van der Waals surface area contributed by atoms with E-state index >= 15 is 0 Å². The van der Waals surface area contributed by atoms with Crippen LogP contribution in [0.4, 0.5) is 0 Å². The lowest BCUT2D eigenvalue weighted by Gasteiger charge is -1.96. The molecule has 66 valence electrons. The minimum absolute atomic E-state index is 0.372. The Labute approximate surface area is 71.1 Å². The van der Waals surface area contributed by atoms with Crippen LogP contribution in [0.3, 0.4) is 0 Å². The number of methoxy groups -OCH3 is 1. The molecule has 0 radical (unpaired) electrons. The maximum absolute atomic E-state index is 11.0. The molecule has 1 aromatic heterocycles. The minimum atomic E-state index is -0.384. The third-order valence-corrected chi connectivity index (χ3v) is 1.68. The van der Waals surface area contributed by atoms with E-state index in [4.69, 9.17) is 0 Å². The van der Waals surface area contributed by atoms with E-state index in [0.29, 0.717) is 5.69 Å². The molecule has 12 heavy (non-hydrogen) atoms. The molecular formula is C8H12N2O2. The van der Waals surface area contributed by atoms with Crippen LogP contribution in [0.15, 0.2) is 6.07 Å². The zero-order chi connectivity index (χ0) is 9.14. The van der Waals surface area contributed by atoms with Gasteiger partial charge in [0.2, 0.25) is 0 Å². The molecule has 0 N–H and O–H groups in total. The molecular weight excluding hydrogens is 156 g/mol. The van der Waals surface area contributed by atoms with Gasteiger partial charge in [-0.25, -0.2) is 4.79 Å². The van der Waals surface area contributed by atoms with E-state index in [-0.39, 0.29) is 5.97 Å². The van der Waals surface area contributed by atoms with Crippen LogP contribution in [0.1, 0.15) is 23.1 Å². The predicted octanol–water partition coefficient (Wildman–Crippen LogP) is 0.998. The summed E-state index contributed by atoms with van der Waals surface area (Å²) >= 11 is 0. The average Bonchev–Trinajstić information content (AvgIpc) is 2.45. The molecule has 0 fully saturated rings. The Morgan fingerprint density at radius 1 is 1.75 bits per heavy atom. The van der Waals surface area contributed by atoms with Gasteiger partial charge >= 0.3 is 5.97 Å². The number of carbonyl (C=O) groups is 1. The molecule has 0 saturated carbocycles. The molecule has 4 nitrogen and oxygen atoms in total. The van der Waals surface area contributed by atoms with E-state index in [1.807, 2.05) is 13.8 Å². The van der Waals surface area contributed by atoms with Crippen molar-refractivity contribution in [3.8, 4) is 0 Å². The highest BCUT2D eigenvalue weighted by atomic mass is 16.5. The Bertz CT molecular complexity index is 291. The van der Waals surface area contributed by atoms with Crippen molar-refractivity contribution in [1.29, 1.82) is 0 Å². The number of esters is 1. The van der Waals surface area contributed by atoms with Crippen LogP contribution in [0.25, 0.3) is 0 Å². The largest absolute Gasteiger partial charge is 0.464 e. The quantitative estimate of drug-likeness (QED) is 0.619. The van der Waals surface area contributed by atoms with Crippen LogP contribution in [-0.2, 0) is 11.3 Å². The second-order valence-corrected chi connectivity index (χ2v) is 2.48. The van der Waals surface area contributed by atoms with Crippen molar-refractivity contribution >= 4 is 5.97 Å². The number of ether oxygens (including phenoxy) is 1. The number of aryl methyl sites for hydroxylation is 2. The molecule has 0 bridgehead atoms. The molecule has 0 aliphatic carbocycles. The lowest BCUT2D eigenvalue weighted by molar-refractivity contribution is 0.0593. The van der Waals surface area contributed by atoms with Gasteiger partial charge in [-0.15, -0.1) is 0 Å². The summed E-state index contributed by atoms with van der Waals surface area (Å²) in [5, 5.41) is 4.04. The second kappa shape index (κ2) is 3.38. The summed E-state index contributed by atoms with van der Waals surface area (Å²) in [6.07, 6.45) is 0. The van der Waals surface area contributed by atoms with Crippen LogP contribution >= 0.6 is 0 Å². The summed E-state index contributed by atoms with van der Waals surface area (Å²) in [6.45, 7) is 4.65. The van der Waals surface area contributed by atoms with Crippen molar-refractivity contribution in [1.82, 2.24) is 9.78 Å². The van der Waals surface area contributed by atoms with Crippen LogP contribution in [0.2, 0.25) is 0 Å². The molecule has 0 saturated heterocycles. The number of nitrogens with zero attached hydrogens (tertiary/aromatic N) is 2. The van der Waals surface area contributed by atoms with Crippen LogP contribution in [0.5, 0.6) is 0 Å². The summed E-state index contributed by atoms with van der Waals surface area (Å²) in [5.74, 6) is -0.384. The fourth-order valence-electron chi connectivity index (χ4n) is 1.03. The summed E-state index contributed by atoms with van der Waals surface area (Å²) in [4.78, 5) is 11.0. The van der Waals surface area contributed by atoms with E-state index in [0.717, 1.165) is 12.2 Å². The minimum Gasteiger partial charge on any atom is -0.464 e. The highest BCUT2D eigenvalue weighted by Crippen LogP contribution is 2.03. The number of carbonyl (C=O) groups excluding carboxylic acids is 1. The Balaban J connectivity index is 2.96. The lowest BCUT2D eigenvalue weighted by Crippen LogP contribution is -2.04. The van der Waals surface area contributed by atoms with Crippen LogP contribution < -0.4 is 0 Å². The molecule has 4 heteroatoms. The first-order chi connectivity index (χ1) is 5.69. The van der Waals surface area contributed by atoms with Gasteiger partial charge in [-0.2, -0.15) is 5.10 Å². The van der Waals surface area contributed by atoms with Crippen LogP contribution in [-0.4, -0.2) is 22.9 Å². The first kappa shape index (κ1) is 8.77. The van der Waals surface area contributed by atoms with E-state index in [1.54, 1.807) is 10.7 Å². The van der Waals surface area contributed by atoms with Crippen molar-refractivity contribution < 1.29 is 9.53 Å². The Kier molecular flexibility index (Phi) is 2.47. The first-order valence-electron chi connectivity index (χ1n) is 3.81. The zero-order valence-electron chi connectivity index (χ0n) is 7.50. The summed E-state index contributed by atoms with van der Waals surface area (Å²) in [7, 11) is 1.35. The molecule has 0 amide bonds. The Morgan fingerprint density at radius 2 is 2.42 bits per heavy atom. The van der Waals surface area contributed by atoms with Crippen LogP contribution in [0, 0.1) is 6.92 Å². The molecule has 1 rings (SSSR count). The molecule has 0 unspecified atom stereocenters. The highest BCUT2D eigenvalue weighted by molar-refractivity contribution is 5.87. The Morgan fingerprint density at radius 3 is 2.83 bits per heavy atom. The molecule has 0 atom stereocenters. The zero-order valence-corrected chi connectivity index (χ0v) is 7.50. The number of rotatable bonds is 2. The van der Waals surface area contributed by atoms with E-state index < -0.39 is 0 Å². The van der Waals surface area contributed by atoms with Gasteiger partial charge in [-0.3, -0.25) is 4.68 Å². The molecule has 1 aromatic rings. The SMILES string of the molecule is CCn1nc(C(=O)OC)cc1C. The molecule has 0 aliphatic heterocycles. The van der Waals surface area contributed by atoms with Gasteiger partial charge in [0.25, 0.3) is 0 Å². The second-order valence-electron chi connectivity index (χ2n) is 2.48. The van der Waals surface area contributed by atoms with Gasteiger partial charge in [-0.05, 0) is 19.9 Å². The lowest BCUT2D eigenvalue weighted by atomic mass is 10.4. The monoisotopic (exact) mass is 168 g/mol. The number of aromatic nitrogens is 2. The van der Waals surface area contributed by atoms with Crippen molar-refractivity contribution in [3.63, 3.8) is 0 Å². The van der Waals surface area contributed by atoms with Crippen molar-refractivity contribution in [3.05, 3.63) is 17.5 Å². The highest BCUT2D eigenvalue weighted by Gasteiger charge is 2.10. The van der Waals surface area contributed by atoms with E-state index in [9.17, 15) is 4.79 Å². The fraction of sp³-hybridized carbons (Fsp3) is 0.500. The number of hydrogen-bond acceptors (Lipinski definition) is 3. The Hall–Kier alpha value is -1.32.